The van der Waals surface area contributed by atoms with Crippen LogP contribution in [0.3, 0.4) is 0 Å². The van der Waals surface area contributed by atoms with E-state index >= 15 is 0 Å². The van der Waals surface area contributed by atoms with Crippen LogP contribution in [-0.2, 0) is 4.79 Å². The molecule has 1 unspecified atom stereocenters. The molecule has 7 heteroatoms. The number of halogens is 2. The van der Waals surface area contributed by atoms with Crippen LogP contribution in [0.5, 0.6) is 0 Å². The zero-order valence-corrected chi connectivity index (χ0v) is 14.8. The summed E-state index contributed by atoms with van der Waals surface area (Å²) >= 11 is 8.28. The van der Waals surface area contributed by atoms with Crippen molar-refractivity contribution in [1.82, 2.24) is 4.90 Å². The van der Waals surface area contributed by atoms with Crippen molar-refractivity contribution in [2.24, 2.45) is 5.92 Å². The predicted molar refractivity (Wildman–Crippen MR) is 85.2 cm³/mol. The van der Waals surface area contributed by atoms with Gasteiger partial charge >= 0.3 is 5.97 Å². The third kappa shape index (κ3) is 4.05. The van der Waals surface area contributed by atoms with Crippen LogP contribution < -0.4 is 0 Å². The Morgan fingerprint density at radius 1 is 1.45 bits per heavy atom. The van der Waals surface area contributed by atoms with Crippen molar-refractivity contribution in [3.05, 3.63) is 19.2 Å². The summed E-state index contributed by atoms with van der Waals surface area (Å²) in [5.74, 6) is -0.443. The van der Waals surface area contributed by atoms with Crippen molar-refractivity contribution in [3.63, 3.8) is 0 Å². The van der Waals surface area contributed by atoms with Gasteiger partial charge in [0.15, 0.2) is 0 Å². The van der Waals surface area contributed by atoms with E-state index in [1.54, 1.807) is 0 Å². The van der Waals surface area contributed by atoms with Crippen LogP contribution in [0.1, 0.15) is 36.0 Å². The zero-order valence-electron chi connectivity index (χ0n) is 10.8. The number of hydrogen-bond donors (Lipinski definition) is 1. The van der Waals surface area contributed by atoms with Crippen LogP contribution in [0, 0.1) is 5.92 Å². The third-order valence-electron chi connectivity index (χ3n) is 3.46. The number of piperidine rings is 1. The van der Waals surface area contributed by atoms with Gasteiger partial charge in [0.2, 0.25) is 0 Å². The molecule has 4 nitrogen and oxygen atoms in total. The maximum atomic E-state index is 12.5. The number of carbonyl (C=O) groups excluding carboxylic acids is 1. The highest BCUT2D eigenvalue weighted by atomic mass is 79.9. The first-order valence-corrected chi connectivity index (χ1v) is 8.83. The van der Waals surface area contributed by atoms with Gasteiger partial charge in [-0.15, -0.1) is 11.3 Å². The Kier molecular flexibility index (Phi) is 5.63. The smallest absolute Gasteiger partial charge is 0.303 e. The second-order valence-corrected chi connectivity index (χ2v) is 8.68. The van der Waals surface area contributed by atoms with Crippen LogP contribution in [-0.4, -0.2) is 35.0 Å². The number of thiophene rings is 1. The summed E-state index contributed by atoms with van der Waals surface area (Å²) in [4.78, 5) is 25.0. The largest absolute Gasteiger partial charge is 0.481 e. The van der Waals surface area contributed by atoms with Gasteiger partial charge in [0.05, 0.1) is 13.1 Å². The summed E-state index contributed by atoms with van der Waals surface area (Å²) in [5.41, 5.74) is 0.681. The molecule has 1 amide bonds. The standard InChI is InChI=1S/C13H15Br2NO3S/c14-10-6-9(12(15)20-10)13(19)16-5-1-2-8(7-16)3-4-11(17)18/h6,8H,1-5,7H2,(H,17,18). The first-order chi connectivity index (χ1) is 9.47. The average molecular weight is 425 g/mol. The van der Waals surface area contributed by atoms with Gasteiger partial charge in [0.1, 0.15) is 0 Å². The van der Waals surface area contributed by atoms with Crippen molar-refractivity contribution in [3.8, 4) is 0 Å². The Morgan fingerprint density at radius 3 is 2.80 bits per heavy atom. The van der Waals surface area contributed by atoms with E-state index in [-0.39, 0.29) is 12.3 Å². The molecule has 1 aliphatic heterocycles. The number of rotatable bonds is 4. The van der Waals surface area contributed by atoms with Gasteiger partial charge in [0.25, 0.3) is 5.91 Å². The Bertz CT molecular complexity index is 518. The molecule has 0 aromatic carbocycles. The summed E-state index contributed by atoms with van der Waals surface area (Å²) in [6.07, 6.45) is 2.78. The molecular formula is C13H15Br2NO3S. The highest BCUT2D eigenvalue weighted by molar-refractivity contribution is 9.12. The van der Waals surface area contributed by atoms with E-state index in [9.17, 15) is 9.59 Å². The number of aliphatic carboxylic acids is 1. The van der Waals surface area contributed by atoms with Crippen LogP contribution in [0.25, 0.3) is 0 Å². The Labute approximate surface area is 138 Å². The topological polar surface area (TPSA) is 57.6 Å². The normalized spacial score (nSPS) is 19.1. The van der Waals surface area contributed by atoms with E-state index in [2.05, 4.69) is 31.9 Å². The minimum atomic E-state index is -0.766. The lowest BCUT2D eigenvalue weighted by Gasteiger charge is -2.32. The van der Waals surface area contributed by atoms with Gasteiger partial charge in [-0.1, -0.05) is 0 Å². The summed E-state index contributed by atoms with van der Waals surface area (Å²) in [6, 6.07) is 1.83. The van der Waals surface area contributed by atoms with Crippen molar-refractivity contribution < 1.29 is 14.7 Å². The molecule has 1 N–H and O–H groups in total. The van der Waals surface area contributed by atoms with Gasteiger partial charge < -0.3 is 10.0 Å². The summed E-state index contributed by atoms with van der Waals surface area (Å²) in [5, 5.41) is 8.75. The minimum Gasteiger partial charge on any atom is -0.481 e. The molecule has 1 aromatic rings. The van der Waals surface area contributed by atoms with E-state index in [1.165, 1.54) is 11.3 Å². The lowest BCUT2D eigenvalue weighted by Crippen LogP contribution is -2.40. The maximum Gasteiger partial charge on any atom is 0.303 e. The van der Waals surface area contributed by atoms with Gasteiger partial charge in [-0.25, -0.2) is 0 Å². The zero-order chi connectivity index (χ0) is 14.7. The molecule has 1 aliphatic rings. The Balaban J connectivity index is 1.99. The molecule has 0 bridgehead atoms. The van der Waals surface area contributed by atoms with Crippen LogP contribution in [0.15, 0.2) is 13.6 Å². The van der Waals surface area contributed by atoms with Gasteiger partial charge in [-0.2, -0.15) is 0 Å². The second kappa shape index (κ2) is 7.04. The van der Waals surface area contributed by atoms with Crippen LogP contribution in [0.2, 0.25) is 0 Å². The number of likely N-dealkylation sites (tertiary alicyclic amines) is 1. The van der Waals surface area contributed by atoms with E-state index in [0.29, 0.717) is 24.4 Å². The number of amides is 1. The molecule has 110 valence electrons. The lowest BCUT2D eigenvalue weighted by molar-refractivity contribution is -0.137. The highest BCUT2D eigenvalue weighted by Crippen LogP contribution is 2.33. The molecule has 0 aliphatic carbocycles. The number of carbonyl (C=O) groups is 2. The fraction of sp³-hybridized carbons (Fsp3) is 0.538. The van der Waals surface area contributed by atoms with E-state index in [1.807, 2.05) is 11.0 Å². The molecule has 0 saturated carbocycles. The van der Waals surface area contributed by atoms with Gasteiger partial charge in [0, 0.05) is 19.5 Å². The maximum absolute atomic E-state index is 12.5. The minimum absolute atomic E-state index is 0.0267. The third-order valence-corrected chi connectivity index (χ3v) is 5.80. The Morgan fingerprint density at radius 2 is 2.20 bits per heavy atom. The number of carboxylic acid groups (broad SMARTS) is 1. The fourth-order valence-electron chi connectivity index (χ4n) is 2.47. The van der Waals surface area contributed by atoms with Gasteiger partial charge in [-0.3, -0.25) is 9.59 Å². The predicted octanol–water partition coefficient (Wildman–Crippen LogP) is 3.99. The Hall–Kier alpha value is -0.400. The summed E-state index contributed by atoms with van der Waals surface area (Å²) < 4.78 is 1.76. The molecule has 20 heavy (non-hydrogen) atoms. The molecule has 2 heterocycles. The number of carboxylic acids is 1. The number of hydrogen-bond acceptors (Lipinski definition) is 3. The van der Waals surface area contributed by atoms with Crippen molar-refractivity contribution in [2.75, 3.05) is 13.1 Å². The monoisotopic (exact) mass is 423 g/mol. The van der Waals surface area contributed by atoms with Crippen LogP contribution >= 0.6 is 43.2 Å². The molecule has 0 radical (unpaired) electrons. The van der Waals surface area contributed by atoms with E-state index in [0.717, 1.165) is 27.0 Å². The first kappa shape index (κ1) is 16.0. The first-order valence-electron chi connectivity index (χ1n) is 6.43. The molecule has 1 atom stereocenters. The van der Waals surface area contributed by atoms with Crippen molar-refractivity contribution >= 4 is 55.1 Å². The lowest BCUT2D eigenvalue weighted by atomic mass is 9.93. The van der Waals surface area contributed by atoms with Gasteiger partial charge in [-0.05, 0) is 63.1 Å². The fourth-order valence-corrected chi connectivity index (χ4v) is 5.25. The molecule has 0 spiro atoms. The molecule has 2 rings (SSSR count). The van der Waals surface area contributed by atoms with E-state index in [4.69, 9.17) is 5.11 Å². The van der Waals surface area contributed by atoms with Crippen molar-refractivity contribution in [1.29, 1.82) is 0 Å². The summed E-state index contributed by atoms with van der Waals surface area (Å²) in [6.45, 7) is 1.41. The molecular weight excluding hydrogens is 410 g/mol. The average Bonchev–Trinajstić information content (AvgIpc) is 2.75. The molecule has 1 fully saturated rings. The summed E-state index contributed by atoms with van der Waals surface area (Å²) in [7, 11) is 0. The van der Waals surface area contributed by atoms with E-state index < -0.39 is 5.97 Å². The quantitative estimate of drug-likeness (QED) is 0.794. The molecule has 1 saturated heterocycles. The number of nitrogens with zero attached hydrogens (tertiary/aromatic N) is 1. The highest BCUT2D eigenvalue weighted by Gasteiger charge is 2.26. The van der Waals surface area contributed by atoms with Crippen molar-refractivity contribution in [2.45, 2.75) is 25.7 Å². The van der Waals surface area contributed by atoms with Crippen LogP contribution in [0.4, 0.5) is 0 Å². The SMILES string of the molecule is O=C(O)CCC1CCCN(C(=O)c2cc(Br)sc2Br)C1. The molecule has 1 aromatic heterocycles. The second-order valence-electron chi connectivity index (χ2n) is 4.93.